The van der Waals surface area contributed by atoms with Crippen LogP contribution in [0.3, 0.4) is 0 Å². The lowest BCUT2D eigenvalue weighted by molar-refractivity contribution is -0.131. The maximum absolute atomic E-state index is 12.0. The number of ether oxygens (including phenoxy) is 1. The molecule has 0 bridgehead atoms. The van der Waals surface area contributed by atoms with Crippen LogP contribution >= 0.6 is 0 Å². The van der Waals surface area contributed by atoms with E-state index in [2.05, 4.69) is 9.72 Å². The van der Waals surface area contributed by atoms with E-state index in [-0.39, 0.29) is 5.91 Å². The van der Waals surface area contributed by atoms with Crippen molar-refractivity contribution < 1.29 is 14.3 Å². The van der Waals surface area contributed by atoms with Crippen molar-refractivity contribution in [2.45, 2.75) is 20.4 Å². The molecule has 0 atom stereocenters. The van der Waals surface area contributed by atoms with Crippen LogP contribution in [0.4, 0.5) is 0 Å². The summed E-state index contributed by atoms with van der Waals surface area (Å²) in [6, 6.07) is 3.44. The normalized spacial score (nSPS) is 10.5. The fourth-order valence-corrected chi connectivity index (χ4v) is 2.00. The number of nitrogens with zero attached hydrogens (tertiary/aromatic N) is 3. The van der Waals surface area contributed by atoms with Gasteiger partial charge in [0.1, 0.15) is 0 Å². The van der Waals surface area contributed by atoms with Crippen molar-refractivity contribution in [1.29, 1.82) is 0 Å². The first-order valence-corrected chi connectivity index (χ1v) is 7.01. The number of hydrogen-bond acceptors (Lipinski definition) is 5. The molecule has 1 heterocycles. The van der Waals surface area contributed by atoms with Gasteiger partial charge in [0, 0.05) is 25.8 Å². The molecule has 0 saturated heterocycles. The lowest BCUT2D eigenvalue weighted by atomic mass is 10.2. The molecule has 0 saturated carbocycles. The van der Waals surface area contributed by atoms with Crippen LogP contribution in [0.25, 0.3) is 0 Å². The molecule has 0 N–H and O–H groups in total. The van der Waals surface area contributed by atoms with E-state index in [1.807, 2.05) is 25.8 Å². The Morgan fingerprint density at radius 1 is 1.24 bits per heavy atom. The van der Waals surface area contributed by atoms with E-state index in [0.29, 0.717) is 18.7 Å². The first-order chi connectivity index (χ1) is 10.0. The van der Waals surface area contributed by atoms with Crippen LogP contribution < -0.4 is 0 Å². The molecule has 1 amide bonds. The van der Waals surface area contributed by atoms with Gasteiger partial charge in [-0.05, 0) is 33.0 Å². The summed E-state index contributed by atoms with van der Waals surface area (Å²) in [4.78, 5) is 31.2. The highest BCUT2D eigenvalue weighted by Crippen LogP contribution is 2.04. The van der Waals surface area contributed by atoms with E-state index in [1.54, 1.807) is 17.0 Å². The third kappa shape index (κ3) is 5.15. The third-order valence-electron chi connectivity index (χ3n) is 3.20. The molecular weight excluding hydrogens is 270 g/mol. The molecule has 0 fully saturated rings. The number of aromatic nitrogens is 1. The Bertz CT molecular complexity index is 470. The predicted molar refractivity (Wildman–Crippen MR) is 79.8 cm³/mol. The van der Waals surface area contributed by atoms with Gasteiger partial charge in [0.2, 0.25) is 5.91 Å². The van der Waals surface area contributed by atoms with Gasteiger partial charge in [-0.2, -0.15) is 0 Å². The Balaban J connectivity index is 2.56. The quantitative estimate of drug-likeness (QED) is 0.706. The zero-order chi connectivity index (χ0) is 15.8. The lowest BCUT2D eigenvalue weighted by Crippen LogP contribution is -2.38. The Morgan fingerprint density at radius 3 is 2.38 bits per heavy atom. The average molecular weight is 293 g/mol. The number of likely N-dealkylation sites (N-methyl/N-ethyl adjacent to an activating group) is 2. The fourth-order valence-electron chi connectivity index (χ4n) is 2.00. The number of esters is 1. The van der Waals surface area contributed by atoms with Gasteiger partial charge in [0.25, 0.3) is 0 Å². The Morgan fingerprint density at radius 2 is 1.90 bits per heavy atom. The summed E-state index contributed by atoms with van der Waals surface area (Å²) in [7, 11) is 3.21. The van der Waals surface area contributed by atoms with Crippen LogP contribution in [0.15, 0.2) is 18.3 Å². The molecule has 0 spiro atoms. The van der Waals surface area contributed by atoms with Crippen LogP contribution in [-0.2, 0) is 16.1 Å². The number of carbonyl (C=O) groups excluding carboxylic acids is 2. The van der Waals surface area contributed by atoms with Gasteiger partial charge in [-0.3, -0.25) is 14.7 Å². The van der Waals surface area contributed by atoms with E-state index in [9.17, 15) is 9.59 Å². The van der Waals surface area contributed by atoms with Crippen LogP contribution in [0.5, 0.6) is 0 Å². The van der Waals surface area contributed by atoms with Crippen LogP contribution in [0.1, 0.15) is 29.9 Å². The minimum atomic E-state index is -0.404. The number of amides is 1. The standard InChI is InChI=1S/C15H23N3O3/c1-5-18(6-2)14(19)11-17(3)10-13-8-7-12(9-16-13)15(20)21-4/h7-9H,5-6,10-11H2,1-4H3. The number of rotatable bonds is 7. The zero-order valence-corrected chi connectivity index (χ0v) is 13.1. The van der Waals surface area contributed by atoms with Crippen molar-refractivity contribution in [3.8, 4) is 0 Å². The minimum absolute atomic E-state index is 0.105. The topological polar surface area (TPSA) is 62.7 Å². The van der Waals surface area contributed by atoms with Crippen molar-refractivity contribution in [2.75, 3.05) is 33.8 Å². The number of methoxy groups -OCH3 is 1. The maximum atomic E-state index is 12.0. The predicted octanol–water partition coefficient (Wildman–Crippen LogP) is 1.17. The van der Waals surface area contributed by atoms with E-state index < -0.39 is 5.97 Å². The van der Waals surface area contributed by atoms with E-state index in [0.717, 1.165) is 18.8 Å². The summed E-state index contributed by atoms with van der Waals surface area (Å²) >= 11 is 0. The summed E-state index contributed by atoms with van der Waals surface area (Å²) < 4.78 is 4.62. The third-order valence-corrected chi connectivity index (χ3v) is 3.20. The second-order valence-electron chi connectivity index (χ2n) is 4.77. The molecule has 6 nitrogen and oxygen atoms in total. The van der Waals surface area contributed by atoms with Crippen LogP contribution in [0, 0.1) is 0 Å². The van der Waals surface area contributed by atoms with Crippen LogP contribution in [0.2, 0.25) is 0 Å². The molecule has 1 aromatic heterocycles. The van der Waals surface area contributed by atoms with Crippen LogP contribution in [-0.4, -0.2) is 60.5 Å². The molecule has 0 aliphatic rings. The van der Waals surface area contributed by atoms with Gasteiger partial charge >= 0.3 is 5.97 Å². The molecular formula is C15H23N3O3. The number of carbonyl (C=O) groups is 2. The monoisotopic (exact) mass is 293 g/mol. The minimum Gasteiger partial charge on any atom is -0.465 e. The van der Waals surface area contributed by atoms with E-state index in [1.165, 1.54) is 13.3 Å². The van der Waals surface area contributed by atoms with Gasteiger partial charge in [0.15, 0.2) is 0 Å². The molecule has 0 unspecified atom stereocenters. The van der Waals surface area contributed by atoms with Gasteiger partial charge in [-0.15, -0.1) is 0 Å². The summed E-state index contributed by atoms with van der Waals surface area (Å²) in [5.74, 6) is -0.298. The van der Waals surface area contributed by atoms with Crippen molar-refractivity contribution in [3.05, 3.63) is 29.6 Å². The largest absolute Gasteiger partial charge is 0.465 e. The molecule has 0 aromatic carbocycles. The van der Waals surface area contributed by atoms with Gasteiger partial charge in [-0.1, -0.05) is 0 Å². The highest BCUT2D eigenvalue weighted by atomic mass is 16.5. The summed E-state index contributed by atoms with van der Waals surface area (Å²) in [6.45, 7) is 6.27. The molecule has 0 radical (unpaired) electrons. The molecule has 0 aliphatic heterocycles. The van der Waals surface area contributed by atoms with E-state index >= 15 is 0 Å². The van der Waals surface area contributed by atoms with Crippen molar-refractivity contribution in [3.63, 3.8) is 0 Å². The Kier molecular flexibility index (Phi) is 6.81. The highest BCUT2D eigenvalue weighted by molar-refractivity contribution is 5.88. The molecule has 116 valence electrons. The average Bonchev–Trinajstić information content (AvgIpc) is 2.48. The van der Waals surface area contributed by atoms with Gasteiger partial charge in [-0.25, -0.2) is 4.79 Å². The molecule has 1 aromatic rings. The van der Waals surface area contributed by atoms with Gasteiger partial charge in [0.05, 0.1) is 24.9 Å². The Hall–Kier alpha value is -1.95. The van der Waals surface area contributed by atoms with E-state index in [4.69, 9.17) is 0 Å². The second kappa shape index (κ2) is 8.36. The summed E-state index contributed by atoms with van der Waals surface area (Å²) in [6.07, 6.45) is 1.49. The van der Waals surface area contributed by atoms with Crippen molar-refractivity contribution in [2.24, 2.45) is 0 Å². The Labute approximate surface area is 125 Å². The SMILES string of the molecule is CCN(CC)C(=O)CN(C)Cc1ccc(C(=O)OC)cn1. The van der Waals surface area contributed by atoms with Gasteiger partial charge < -0.3 is 9.64 Å². The number of pyridine rings is 1. The second-order valence-corrected chi connectivity index (χ2v) is 4.77. The smallest absolute Gasteiger partial charge is 0.339 e. The fraction of sp³-hybridized carbons (Fsp3) is 0.533. The summed E-state index contributed by atoms with van der Waals surface area (Å²) in [5, 5.41) is 0. The summed E-state index contributed by atoms with van der Waals surface area (Å²) in [5.41, 5.74) is 1.22. The first-order valence-electron chi connectivity index (χ1n) is 7.01. The van der Waals surface area contributed by atoms with Crippen molar-refractivity contribution in [1.82, 2.24) is 14.8 Å². The molecule has 6 heteroatoms. The lowest BCUT2D eigenvalue weighted by Gasteiger charge is -2.22. The molecule has 21 heavy (non-hydrogen) atoms. The highest BCUT2D eigenvalue weighted by Gasteiger charge is 2.13. The molecule has 0 aliphatic carbocycles. The first kappa shape index (κ1) is 17.1. The van der Waals surface area contributed by atoms with Crippen molar-refractivity contribution >= 4 is 11.9 Å². The zero-order valence-electron chi connectivity index (χ0n) is 13.1. The number of hydrogen-bond donors (Lipinski definition) is 0. The molecule has 1 rings (SSSR count). The maximum Gasteiger partial charge on any atom is 0.339 e.